The predicted octanol–water partition coefficient (Wildman–Crippen LogP) is 22.1. The first-order valence-corrected chi connectivity index (χ1v) is 32.4. The van der Waals surface area contributed by atoms with E-state index in [1.165, 1.54) is 193 Å². The summed E-state index contributed by atoms with van der Waals surface area (Å²) < 4.78 is 16.9. The van der Waals surface area contributed by atoms with Crippen molar-refractivity contribution in [3.63, 3.8) is 0 Å². The average Bonchev–Trinajstić information content (AvgIpc) is 3.41. The van der Waals surface area contributed by atoms with Gasteiger partial charge in [0.2, 0.25) is 0 Å². The van der Waals surface area contributed by atoms with Crippen molar-refractivity contribution in [3.8, 4) is 0 Å². The Bertz CT molecular complexity index is 1390. The molecule has 0 radical (unpaired) electrons. The zero-order chi connectivity index (χ0) is 54.3. The fourth-order valence-electron chi connectivity index (χ4n) is 9.35. The summed E-state index contributed by atoms with van der Waals surface area (Å²) >= 11 is 0. The summed E-state index contributed by atoms with van der Waals surface area (Å²) in [5.41, 5.74) is 0. The number of hydrogen-bond donors (Lipinski definition) is 0. The molecule has 0 bridgehead atoms. The number of ether oxygens (including phenoxy) is 3. The van der Waals surface area contributed by atoms with E-state index in [1.54, 1.807) is 0 Å². The van der Waals surface area contributed by atoms with Crippen LogP contribution in [0.3, 0.4) is 0 Å². The third-order valence-electron chi connectivity index (χ3n) is 14.2. The number of rotatable bonds is 59. The minimum atomic E-state index is -0.776. The van der Waals surface area contributed by atoms with E-state index in [0.29, 0.717) is 19.3 Å². The largest absolute Gasteiger partial charge is 0.462 e. The Balaban J connectivity index is 4.13. The van der Waals surface area contributed by atoms with Crippen molar-refractivity contribution in [1.29, 1.82) is 0 Å². The van der Waals surface area contributed by atoms with E-state index in [0.717, 1.165) is 96.3 Å². The van der Waals surface area contributed by atoms with Gasteiger partial charge >= 0.3 is 17.9 Å². The van der Waals surface area contributed by atoms with Crippen LogP contribution >= 0.6 is 0 Å². The van der Waals surface area contributed by atoms with Gasteiger partial charge in [-0.2, -0.15) is 0 Å². The van der Waals surface area contributed by atoms with Gasteiger partial charge in [0.15, 0.2) is 6.10 Å². The Morgan fingerprint density at radius 1 is 0.280 bits per heavy atom. The summed E-state index contributed by atoms with van der Waals surface area (Å²) in [4.78, 5) is 38.2. The molecular formula is C69H122O6. The lowest BCUT2D eigenvalue weighted by atomic mass is 10.0. The van der Waals surface area contributed by atoms with Gasteiger partial charge < -0.3 is 14.2 Å². The maximum atomic E-state index is 12.9. The predicted molar refractivity (Wildman–Crippen MR) is 325 cm³/mol. The van der Waals surface area contributed by atoms with Gasteiger partial charge in [-0.25, -0.2) is 0 Å². The van der Waals surface area contributed by atoms with Crippen LogP contribution in [0, 0.1) is 0 Å². The lowest BCUT2D eigenvalue weighted by Gasteiger charge is -2.18. The molecule has 0 spiro atoms. The molecule has 0 saturated carbocycles. The molecule has 6 nitrogen and oxygen atoms in total. The lowest BCUT2D eigenvalue weighted by molar-refractivity contribution is -0.167. The van der Waals surface area contributed by atoms with Crippen LogP contribution in [0.2, 0.25) is 0 Å². The molecule has 0 amide bonds. The average molecular weight is 1050 g/mol. The van der Waals surface area contributed by atoms with E-state index >= 15 is 0 Å². The molecule has 0 fully saturated rings. The Morgan fingerprint density at radius 2 is 0.520 bits per heavy atom. The van der Waals surface area contributed by atoms with Gasteiger partial charge in [-0.15, -0.1) is 0 Å². The Kier molecular flexibility index (Phi) is 60.7. The lowest BCUT2D eigenvalue weighted by Crippen LogP contribution is -2.30. The van der Waals surface area contributed by atoms with Crippen molar-refractivity contribution < 1.29 is 28.6 Å². The summed E-state index contributed by atoms with van der Waals surface area (Å²) in [6, 6.07) is 0. The Morgan fingerprint density at radius 3 is 0.827 bits per heavy atom. The van der Waals surface area contributed by atoms with Gasteiger partial charge in [-0.1, -0.05) is 293 Å². The summed E-state index contributed by atoms with van der Waals surface area (Å²) in [7, 11) is 0. The summed E-state index contributed by atoms with van der Waals surface area (Å²) in [6.45, 7) is 6.54. The molecule has 0 heterocycles. The van der Waals surface area contributed by atoms with Crippen molar-refractivity contribution in [2.45, 2.75) is 335 Å². The maximum absolute atomic E-state index is 12.9. The van der Waals surface area contributed by atoms with Gasteiger partial charge in [0, 0.05) is 19.3 Å². The highest BCUT2D eigenvalue weighted by molar-refractivity contribution is 5.71. The molecular weight excluding hydrogens is 925 g/mol. The number of esters is 3. The molecule has 0 aliphatic carbocycles. The Labute approximate surface area is 465 Å². The second-order valence-electron chi connectivity index (χ2n) is 21.6. The molecule has 75 heavy (non-hydrogen) atoms. The standard InChI is InChI=1S/C69H122O6/c1-4-7-10-13-16-19-22-24-26-28-29-30-31-32-33-34-35-36-37-38-39-40-41-42-44-45-47-50-53-56-59-62-68(71)74-65-66(64-73-67(70)61-58-55-52-49-21-18-15-12-9-6-3)75-69(72)63-60-57-54-51-48-46-43-27-25-23-20-17-14-11-8-5-2/h7,10,16,19,24,26-27,29-30,32-33,43,66H,4-6,8-9,11-15,17-18,20-23,25,28,31,34-42,44-65H2,1-3H3/b10-7-,19-16-,26-24-,30-29-,33-32-,43-27-. The van der Waals surface area contributed by atoms with Crippen LogP contribution in [-0.4, -0.2) is 37.2 Å². The molecule has 0 N–H and O–H groups in total. The molecule has 1 atom stereocenters. The first kappa shape index (κ1) is 71.8. The van der Waals surface area contributed by atoms with E-state index in [9.17, 15) is 14.4 Å². The zero-order valence-electron chi connectivity index (χ0n) is 49.8. The van der Waals surface area contributed by atoms with E-state index in [2.05, 4.69) is 93.7 Å². The van der Waals surface area contributed by atoms with Gasteiger partial charge in [0.25, 0.3) is 0 Å². The fourth-order valence-corrected chi connectivity index (χ4v) is 9.35. The van der Waals surface area contributed by atoms with Crippen LogP contribution in [0.5, 0.6) is 0 Å². The van der Waals surface area contributed by atoms with Crippen LogP contribution in [0.15, 0.2) is 72.9 Å². The van der Waals surface area contributed by atoms with Crippen LogP contribution in [0.1, 0.15) is 329 Å². The van der Waals surface area contributed by atoms with Gasteiger partial charge in [0.05, 0.1) is 0 Å². The highest BCUT2D eigenvalue weighted by atomic mass is 16.6. The smallest absolute Gasteiger partial charge is 0.306 e. The SMILES string of the molecule is CC/C=C\C/C=C\C/C=C\C/C=C\C/C=C\CCCCCCCCCCCCCCCCCC(=O)OCC(COC(=O)CCCCCCCCCCCC)OC(=O)CCCCCCC/C=C\CCCCCCCCC. The van der Waals surface area contributed by atoms with Gasteiger partial charge in [-0.05, 0) is 89.9 Å². The maximum Gasteiger partial charge on any atom is 0.306 e. The third kappa shape index (κ3) is 61.6. The van der Waals surface area contributed by atoms with Crippen LogP contribution < -0.4 is 0 Å². The molecule has 0 aliphatic heterocycles. The van der Waals surface area contributed by atoms with Crippen molar-refractivity contribution in [2.75, 3.05) is 13.2 Å². The minimum absolute atomic E-state index is 0.0738. The normalized spacial score (nSPS) is 12.5. The van der Waals surface area contributed by atoms with Crippen molar-refractivity contribution >= 4 is 17.9 Å². The van der Waals surface area contributed by atoms with E-state index in [-0.39, 0.29) is 31.1 Å². The fraction of sp³-hybridized carbons (Fsp3) is 0.783. The molecule has 0 saturated heterocycles. The summed E-state index contributed by atoms with van der Waals surface area (Å²) in [6.07, 6.45) is 82.1. The number of unbranched alkanes of at least 4 members (excludes halogenated alkanes) is 36. The first-order chi connectivity index (χ1) is 37.0. The number of carbonyl (C=O) groups is 3. The van der Waals surface area contributed by atoms with E-state index in [1.807, 2.05) is 0 Å². The molecule has 0 rings (SSSR count). The van der Waals surface area contributed by atoms with Crippen molar-refractivity contribution in [3.05, 3.63) is 72.9 Å². The highest BCUT2D eigenvalue weighted by Crippen LogP contribution is 2.17. The summed E-state index contributed by atoms with van der Waals surface area (Å²) in [5.74, 6) is -0.869. The molecule has 6 heteroatoms. The molecule has 0 aromatic rings. The molecule has 0 aromatic carbocycles. The molecule has 1 unspecified atom stereocenters. The quantitative estimate of drug-likeness (QED) is 0.0261. The number of allylic oxidation sites excluding steroid dienone is 12. The number of hydrogen-bond acceptors (Lipinski definition) is 6. The topological polar surface area (TPSA) is 78.9 Å². The Hall–Kier alpha value is -3.15. The van der Waals surface area contributed by atoms with Crippen molar-refractivity contribution in [1.82, 2.24) is 0 Å². The number of carbonyl (C=O) groups excluding carboxylic acids is 3. The van der Waals surface area contributed by atoms with Gasteiger partial charge in [-0.3, -0.25) is 14.4 Å². The minimum Gasteiger partial charge on any atom is -0.462 e. The monoisotopic (exact) mass is 1050 g/mol. The summed E-state index contributed by atoms with van der Waals surface area (Å²) in [5, 5.41) is 0. The van der Waals surface area contributed by atoms with Crippen LogP contribution in [-0.2, 0) is 28.6 Å². The molecule has 434 valence electrons. The third-order valence-corrected chi connectivity index (χ3v) is 14.2. The van der Waals surface area contributed by atoms with E-state index in [4.69, 9.17) is 14.2 Å². The van der Waals surface area contributed by atoms with E-state index < -0.39 is 6.10 Å². The second-order valence-corrected chi connectivity index (χ2v) is 21.6. The van der Waals surface area contributed by atoms with Crippen molar-refractivity contribution in [2.24, 2.45) is 0 Å². The zero-order valence-corrected chi connectivity index (χ0v) is 49.8. The first-order valence-electron chi connectivity index (χ1n) is 32.4. The van der Waals surface area contributed by atoms with Crippen LogP contribution in [0.25, 0.3) is 0 Å². The highest BCUT2D eigenvalue weighted by Gasteiger charge is 2.19. The van der Waals surface area contributed by atoms with Crippen LogP contribution in [0.4, 0.5) is 0 Å². The molecule has 0 aromatic heterocycles. The molecule has 0 aliphatic rings. The van der Waals surface area contributed by atoms with Gasteiger partial charge in [0.1, 0.15) is 13.2 Å². The second kappa shape index (κ2) is 63.4.